The number of nitrogens with one attached hydrogen (secondary N) is 1. The molecule has 1 unspecified atom stereocenters. The molecule has 0 radical (unpaired) electrons. The maximum absolute atomic E-state index is 11.9. The zero-order chi connectivity index (χ0) is 14.3. The number of hydrogen-bond acceptors (Lipinski definition) is 3. The van der Waals surface area contributed by atoms with Gasteiger partial charge in [-0.25, -0.2) is 0 Å². The Morgan fingerprint density at radius 1 is 1.26 bits per heavy atom. The summed E-state index contributed by atoms with van der Waals surface area (Å²) in [6.45, 7) is 3.00. The minimum Gasteiger partial charge on any atom is -0.467 e. The number of hydrogen-bond donors (Lipinski definition) is 1. The standard InChI is InChI=1S/C13H18F3NO2/c1-3-17-10(2)11-6-4-5-7-12(11)19-9-18-8-13(14,15)16/h4-7,10,17H,3,8-9H2,1-2H3. The summed E-state index contributed by atoms with van der Waals surface area (Å²) in [6.07, 6.45) is -4.33. The molecule has 0 aliphatic rings. The molecule has 0 bridgehead atoms. The van der Waals surface area contributed by atoms with Gasteiger partial charge in [0.1, 0.15) is 12.4 Å². The number of para-hydroxylation sites is 1. The van der Waals surface area contributed by atoms with Crippen molar-refractivity contribution >= 4 is 0 Å². The Bertz CT molecular complexity index is 382. The SMILES string of the molecule is CCNC(C)c1ccccc1OCOCC(F)(F)F. The van der Waals surface area contributed by atoms with E-state index in [0.717, 1.165) is 12.1 Å². The summed E-state index contributed by atoms with van der Waals surface area (Å²) >= 11 is 0. The lowest BCUT2D eigenvalue weighted by molar-refractivity contribution is -0.186. The molecule has 6 heteroatoms. The maximum atomic E-state index is 11.9. The Morgan fingerprint density at radius 3 is 2.58 bits per heavy atom. The third-order valence-electron chi connectivity index (χ3n) is 2.46. The first-order valence-electron chi connectivity index (χ1n) is 6.03. The lowest BCUT2D eigenvalue weighted by Gasteiger charge is -2.17. The lowest BCUT2D eigenvalue weighted by atomic mass is 10.1. The summed E-state index contributed by atoms with van der Waals surface area (Å²) in [5.74, 6) is 0.526. The highest BCUT2D eigenvalue weighted by molar-refractivity contribution is 5.35. The van der Waals surface area contributed by atoms with Crippen LogP contribution in [0.3, 0.4) is 0 Å². The summed E-state index contributed by atoms with van der Waals surface area (Å²) in [5.41, 5.74) is 0.889. The molecule has 1 atom stereocenters. The van der Waals surface area contributed by atoms with Crippen molar-refractivity contribution in [3.63, 3.8) is 0 Å². The molecule has 19 heavy (non-hydrogen) atoms. The van der Waals surface area contributed by atoms with Gasteiger partial charge in [0.05, 0.1) is 0 Å². The van der Waals surface area contributed by atoms with Crippen molar-refractivity contribution in [3.05, 3.63) is 29.8 Å². The minimum absolute atomic E-state index is 0.0591. The van der Waals surface area contributed by atoms with Crippen LogP contribution in [0.4, 0.5) is 13.2 Å². The van der Waals surface area contributed by atoms with Gasteiger partial charge in [-0.3, -0.25) is 0 Å². The van der Waals surface area contributed by atoms with Crippen LogP contribution in [0.1, 0.15) is 25.5 Å². The fourth-order valence-corrected chi connectivity index (χ4v) is 1.65. The van der Waals surface area contributed by atoms with E-state index in [1.54, 1.807) is 12.1 Å². The Morgan fingerprint density at radius 2 is 1.95 bits per heavy atom. The number of alkyl halides is 3. The third-order valence-corrected chi connectivity index (χ3v) is 2.46. The normalized spacial score (nSPS) is 13.3. The highest BCUT2D eigenvalue weighted by atomic mass is 19.4. The number of ether oxygens (including phenoxy) is 2. The van der Waals surface area contributed by atoms with Crippen molar-refractivity contribution in [1.29, 1.82) is 0 Å². The van der Waals surface area contributed by atoms with E-state index in [4.69, 9.17) is 4.74 Å². The zero-order valence-electron chi connectivity index (χ0n) is 11.0. The molecule has 1 rings (SSSR count). The smallest absolute Gasteiger partial charge is 0.411 e. The van der Waals surface area contributed by atoms with Crippen LogP contribution >= 0.6 is 0 Å². The summed E-state index contributed by atoms with van der Waals surface area (Å²) in [7, 11) is 0. The van der Waals surface area contributed by atoms with Crippen LogP contribution in [-0.4, -0.2) is 26.1 Å². The molecule has 0 spiro atoms. The molecular weight excluding hydrogens is 259 g/mol. The summed E-state index contributed by atoms with van der Waals surface area (Å²) in [4.78, 5) is 0. The molecule has 0 aliphatic heterocycles. The molecule has 1 aromatic carbocycles. The predicted octanol–water partition coefficient (Wildman–Crippen LogP) is 3.27. The van der Waals surface area contributed by atoms with Gasteiger partial charge in [0, 0.05) is 11.6 Å². The van der Waals surface area contributed by atoms with Gasteiger partial charge in [-0.15, -0.1) is 0 Å². The van der Waals surface area contributed by atoms with Crippen LogP contribution in [0.2, 0.25) is 0 Å². The molecule has 0 saturated heterocycles. The number of halogens is 3. The van der Waals surface area contributed by atoms with Gasteiger partial charge in [0.2, 0.25) is 0 Å². The van der Waals surface area contributed by atoms with Crippen molar-refractivity contribution in [1.82, 2.24) is 5.32 Å². The zero-order valence-corrected chi connectivity index (χ0v) is 11.0. The van der Waals surface area contributed by atoms with Gasteiger partial charge in [0.15, 0.2) is 6.79 Å². The molecular formula is C13H18F3NO2. The van der Waals surface area contributed by atoms with E-state index in [1.165, 1.54) is 0 Å². The highest BCUT2D eigenvalue weighted by Crippen LogP contribution is 2.24. The second-order valence-electron chi connectivity index (χ2n) is 4.04. The van der Waals surface area contributed by atoms with Crippen LogP contribution in [0.5, 0.6) is 5.75 Å². The Hall–Kier alpha value is -1.27. The molecule has 0 heterocycles. The average Bonchev–Trinajstić information content (AvgIpc) is 2.34. The summed E-state index contributed by atoms with van der Waals surface area (Å²) in [6, 6.07) is 7.25. The average molecular weight is 277 g/mol. The molecule has 1 N–H and O–H groups in total. The number of rotatable bonds is 7. The molecule has 1 aromatic rings. The van der Waals surface area contributed by atoms with Crippen molar-refractivity contribution in [2.24, 2.45) is 0 Å². The topological polar surface area (TPSA) is 30.5 Å². The summed E-state index contributed by atoms with van der Waals surface area (Å²) < 4.78 is 45.4. The van der Waals surface area contributed by atoms with E-state index in [1.807, 2.05) is 26.0 Å². The Kier molecular flexibility index (Phi) is 6.11. The van der Waals surface area contributed by atoms with Gasteiger partial charge in [-0.1, -0.05) is 25.1 Å². The fraction of sp³-hybridized carbons (Fsp3) is 0.538. The summed E-state index contributed by atoms with van der Waals surface area (Å²) in [5, 5.41) is 3.22. The van der Waals surface area contributed by atoms with Crippen molar-refractivity contribution in [2.45, 2.75) is 26.1 Å². The van der Waals surface area contributed by atoms with Crippen LogP contribution in [0.15, 0.2) is 24.3 Å². The predicted molar refractivity (Wildman–Crippen MR) is 66.0 cm³/mol. The number of benzene rings is 1. The second-order valence-corrected chi connectivity index (χ2v) is 4.04. The van der Waals surface area contributed by atoms with Gasteiger partial charge in [-0.05, 0) is 19.5 Å². The fourth-order valence-electron chi connectivity index (χ4n) is 1.65. The van der Waals surface area contributed by atoms with E-state index < -0.39 is 19.6 Å². The first-order valence-corrected chi connectivity index (χ1v) is 6.03. The quantitative estimate of drug-likeness (QED) is 0.613. The van der Waals surface area contributed by atoms with Crippen molar-refractivity contribution < 1.29 is 22.6 Å². The Balaban J connectivity index is 2.53. The van der Waals surface area contributed by atoms with Gasteiger partial charge in [0.25, 0.3) is 0 Å². The molecule has 0 amide bonds. The molecule has 108 valence electrons. The molecule has 0 aliphatic carbocycles. The van der Waals surface area contributed by atoms with Crippen LogP contribution in [0, 0.1) is 0 Å². The molecule has 3 nitrogen and oxygen atoms in total. The van der Waals surface area contributed by atoms with E-state index in [-0.39, 0.29) is 6.04 Å². The van der Waals surface area contributed by atoms with Crippen LogP contribution in [-0.2, 0) is 4.74 Å². The largest absolute Gasteiger partial charge is 0.467 e. The van der Waals surface area contributed by atoms with Crippen LogP contribution < -0.4 is 10.1 Å². The minimum atomic E-state index is -4.33. The van der Waals surface area contributed by atoms with Gasteiger partial charge >= 0.3 is 6.18 Å². The van der Waals surface area contributed by atoms with E-state index >= 15 is 0 Å². The molecule has 0 fully saturated rings. The van der Waals surface area contributed by atoms with Gasteiger partial charge < -0.3 is 14.8 Å². The monoisotopic (exact) mass is 277 g/mol. The van der Waals surface area contributed by atoms with E-state index in [9.17, 15) is 13.2 Å². The van der Waals surface area contributed by atoms with Gasteiger partial charge in [-0.2, -0.15) is 13.2 Å². The first kappa shape index (κ1) is 15.8. The van der Waals surface area contributed by atoms with Crippen molar-refractivity contribution in [3.8, 4) is 5.75 Å². The van der Waals surface area contributed by atoms with E-state index in [0.29, 0.717) is 5.75 Å². The first-order chi connectivity index (χ1) is 8.94. The molecule has 0 saturated carbocycles. The second kappa shape index (κ2) is 7.35. The van der Waals surface area contributed by atoms with Crippen molar-refractivity contribution in [2.75, 3.05) is 19.9 Å². The Labute approximate surface area is 110 Å². The van der Waals surface area contributed by atoms with Crippen LogP contribution in [0.25, 0.3) is 0 Å². The third kappa shape index (κ3) is 5.94. The highest BCUT2D eigenvalue weighted by Gasteiger charge is 2.27. The lowest BCUT2D eigenvalue weighted by Crippen LogP contribution is -2.21. The van der Waals surface area contributed by atoms with E-state index in [2.05, 4.69) is 10.1 Å². The maximum Gasteiger partial charge on any atom is 0.411 e. The molecule has 0 aromatic heterocycles.